The van der Waals surface area contributed by atoms with Gasteiger partial charge in [0.05, 0.1) is 18.4 Å². The molecule has 0 atom stereocenters. The highest BCUT2D eigenvalue weighted by Gasteiger charge is 2.14. The van der Waals surface area contributed by atoms with Gasteiger partial charge in [-0.15, -0.1) is 0 Å². The molecule has 0 unspecified atom stereocenters. The largest absolute Gasteiger partial charge is 0.490 e. The first-order valence-corrected chi connectivity index (χ1v) is 10.2. The summed E-state index contributed by atoms with van der Waals surface area (Å²) in [5.41, 5.74) is 4.73. The molecule has 3 rings (SSSR count). The highest BCUT2D eigenvalue weighted by molar-refractivity contribution is 5.96. The zero-order valence-electron chi connectivity index (χ0n) is 17.7. The van der Waals surface area contributed by atoms with E-state index in [2.05, 4.69) is 37.1 Å². The van der Waals surface area contributed by atoms with Gasteiger partial charge in [-0.2, -0.15) is 0 Å². The van der Waals surface area contributed by atoms with E-state index < -0.39 is 0 Å². The first-order chi connectivity index (χ1) is 14.0. The fourth-order valence-electron chi connectivity index (χ4n) is 3.41. The number of carbonyl (C=O) groups is 1. The second-order valence-corrected chi connectivity index (χ2v) is 7.24. The molecule has 0 saturated carbocycles. The fourth-order valence-corrected chi connectivity index (χ4v) is 3.41. The average Bonchev–Trinajstić information content (AvgIpc) is 3.12. The molecule has 0 spiro atoms. The van der Waals surface area contributed by atoms with Crippen LogP contribution >= 0.6 is 0 Å². The maximum atomic E-state index is 12.7. The van der Waals surface area contributed by atoms with E-state index in [1.165, 1.54) is 5.56 Å². The normalized spacial score (nSPS) is 11.2. The van der Waals surface area contributed by atoms with Crippen LogP contribution in [0.4, 0.5) is 5.69 Å². The molecular formula is C24H30N2O3. The van der Waals surface area contributed by atoms with Gasteiger partial charge in [-0.1, -0.05) is 38.1 Å². The lowest BCUT2D eigenvalue weighted by Gasteiger charge is -2.19. The van der Waals surface area contributed by atoms with Crippen molar-refractivity contribution in [1.82, 2.24) is 4.90 Å². The molecule has 3 aromatic rings. The third-order valence-corrected chi connectivity index (χ3v) is 5.41. The van der Waals surface area contributed by atoms with E-state index >= 15 is 0 Å². The first-order valence-electron chi connectivity index (χ1n) is 10.2. The van der Waals surface area contributed by atoms with Crippen LogP contribution in [0.5, 0.6) is 5.75 Å². The van der Waals surface area contributed by atoms with Crippen molar-refractivity contribution in [1.29, 1.82) is 0 Å². The molecule has 0 aliphatic rings. The molecule has 0 radical (unpaired) electrons. The number of fused-ring (bicyclic) bond motifs is 1. The SMILES string of the molecule is CCN(CC)CCOc1ccccc1NC(=O)Cc1coc2c(C)c(C)ccc12. The molecular weight excluding hydrogens is 364 g/mol. The molecule has 154 valence electrons. The van der Waals surface area contributed by atoms with Crippen molar-refractivity contribution in [3.8, 4) is 5.75 Å². The maximum Gasteiger partial charge on any atom is 0.229 e. The van der Waals surface area contributed by atoms with Crippen LogP contribution in [0.1, 0.15) is 30.5 Å². The number of furan rings is 1. The Bertz CT molecular complexity index is 973. The fraction of sp³-hybridized carbons (Fsp3) is 0.375. The van der Waals surface area contributed by atoms with Gasteiger partial charge in [-0.25, -0.2) is 0 Å². The van der Waals surface area contributed by atoms with Gasteiger partial charge >= 0.3 is 0 Å². The standard InChI is InChI=1S/C24H30N2O3/c1-5-26(6-2)13-14-28-22-10-8-7-9-21(22)25-23(27)15-19-16-29-24-18(4)17(3)11-12-20(19)24/h7-12,16H,5-6,13-15H2,1-4H3,(H,25,27). The number of para-hydroxylation sites is 2. The molecule has 0 fully saturated rings. The number of nitrogens with zero attached hydrogens (tertiary/aromatic N) is 1. The Morgan fingerprint density at radius 1 is 1.10 bits per heavy atom. The average molecular weight is 395 g/mol. The predicted octanol–water partition coefficient (Wildman–Crippen LogP) is 4.95. The summed E-state index contributed by atoms with van der Waals surface area (Å²) in [4.78, 5) is 15.0. The van der Waals surface area contributed by atoms with Crippen LogP contribution in [-0.2, 0) is 11.2 Å². The van der Waals surface area contributed by atoms with Crippen molar-refractivity contribution in [2.45, 2.75) is 34.1 Å². The predicted molar refractivity (Wildman–Crippen MR) is 118 cm³/mol. The van der Waals surface area contributed by atoms with Crippen molar-refractivity contribution in [3.63, 3.8) is 0 Å². The van der Waals surface area contributed by atoms with E-state index in [1.807, 2.05) is 37.3 Å². The van der Waals surface area contributed by atoms with Crippen molar-refractivity contribution in [3.05, 3.63) is 59.4 Å². The number of amides is 1. The summed E-state index contributed by atoms with van der Waals surface area (Å²) >= 11 is 0. The van der Waals surface area contributed by atoms with E-state index in [-0.39, 0.29) is 12.3 Å². The molecule has 2 aromatic carbocycles. The molecule has 0 bridgehead atoms. The Hall–Kier alpha value is -2.79. The lowest BCUT2D eigenvalue weighted by atomic mass is 10.0. The van der Waals surface area contributed by atoms with E-state index in [1.54, 1.807) is 6.26 Å². The Kier molecular flexibility index (Phi) is 6.94. The summed E-state index contributed by atoms with van der Waals surface area (Å²) < 4.78 is 11.7. The summed E-state index contributed by atoms with van der Waals surface area (Å²) in [6, 6.07) is 11.6. The van der Waals surface area contributed by atoms with Crippen LogP contribution in [0.15, 0.2) is 47.1 Å². The maximum absolute atomic E-state index is 12.7. The number of benzene rings is 2. The van der Waals surface area contributed by atoms with E-state index in [9.17, 15) is 4.79 Å². The van der Waals surface area contributed by atoms with Gasteiger partial charge in [-0.3, -0.25) is 4.79 Å². The van der Waals surface area contributed by atoms with Crippen LogP contribution in [0.25, 0.3) is 11.0 Å². The topological polar surface area (TPSA) is 54.7 Å². The molecule has 0 aliphatic carbocycles. The number of hydrogen-bond donors (Lipinski definition) is 1. The van der Waals surface area contributed by atoms with Crippen LogP contribution in [0.2, 0.25) is 0 Å². The number of hydrogen-bond acceptors (Lipinski definition) is 4. The van der Waals surface area contributed by atoms with Gasteiger partial charge in [0, 0.05) is 17.5 Å². The molecule has 1 amide bonds. The van der Waals surface area contributed by atoms with Crippen LogP contribution in [0.3, 0.4) is 0 Å². The van der Waals surface area contributed by atoms with Gasteiger partial charge in [0.15, 0.2) is 0 Å². The minimum absolute atomic E-state index is 0.0919. The lowest BCUT2D eigenvalue weighted by Crippen LogP contribution is -2.28. The van der Waals surface area contributed by atoms with Gasteiger partial charge in [-0.05, 0) is 50.2 Å². The minimum atomic E-state index is -0.0919. The minimum Gasteiger partial charge on any atom is -0.490 e. The summed E-state index contributed by atoms with van der Waals surface area (Å²) in [5, 5.41) is 3.98. The Morgan fingerprint density at radius 3 is 2.62 bits per heavy atom. The second-order valence-electron chi connectivity index (χ2n) is 7.24. The third-order valence-electron chi connectivity index (χ3n) is 5.41. The molecule has 1 N–H and O–H groups in total. The summed E-state index contributed by atoms with van der Waals surface area (Å²) in [7, 11) is 0. The van der Waals surface area contributed by atoms with E-state index in [0.717, 1.165) is 41.7 Å². The Morgan fingerprint density at radius 2 is 1.86 bits per heavy atom. The summed E-state index contributed by atoms with van der Waals surface area (Å²) in [5.74, 6) is 0.599. The monoisotopic (exact) mass is 394 g/mol. The third kappa shape index (κ3) is 4.98. The molecule has 1 aromatic heterocycles. The van der Waals surface area contributed by atoms with Crippen LogP contribution < -0.4 is 10.1 Å². The Balaban J connectivity index is 1.66. The zero-order valence-corrected chi connectivity index (χ0v) is 17.7. The number of ether oxygens (including phenoxy) is 1. The molecule has 1 heterocycles. The van der Waals surface area contributed by atoms with Crippen LogP contribution in [0, 0.1) is 13.8 Å². The lowest BCUT2D eigenvalue weighted by molar-refractivity contribution is -0.115. The summed E-state index contributed by atoms with van der Waals surface area (Å²) in [6.07, 6.45) is 1.94. The van der Waals surface area contributed by atoms with Crippen molar-refractivity contribution >= 4 is 22.6 Å². The van der Waals surface area contributed by atoms with E-state index in [0.29, 0.717) is 18.0 Å². The number of aryl methyl sites for hydroxylation is 2. The van der Waals surface area contributed by atoms with Gasteiger partial charge in [0.1, 0.15) is 17.9 Å². The molecule has 5 heteroatoms. The smallest absolute Gasteiger partial charge is 0.229 e. The van der Waals surface area contributed by atoms with Gasteiger partial charge in [0.2, 0.25) is 5.91 Å². The second kappa shape index (κ2) is 9.61. The quantitative estimate of drug-likeness (QED) is 0.558. The van der Waals surface area contributed by atoms with Crippen molar-refractivity contribution in [2.75, 3.05) is 31.6 Å². The highest BCUT2D eigenvalue weighted by atomic mass is 16.5. The van der Waals surface area contributed by atoms with E-state index in [4.69, 9.17) is 9.15 Å². The number of likely N-dealkylation sites (N-methyl/N-ethyl adjacent to an activating group) is 1. The van der Waals surface area contributed by atoms with Crippen molar-refractivity contribution < 1.29 is 13.9 Å². The van der Waals surface area contributed by atoms with Gasteiger partial charge < -0.3 is 19.4 Å². The number of carbonyl (C=O) groups excluding carboxylic acids is 1. The molecule has 29 heavy (non-hydrogen) atoms. The number of nitrogens with one attached hydrogen (secondary N) is 1. The molecule has 5 nitrogen and oxygen atoms in total. The van der Waals surface area contributed by atoms with Gasteiger partial charge in [0.25, 0.3) is 0 Å². The molecule has 0 saturated heterocycles. The zero-order chi connectivity index (χ0) is 20.8. The van der Waals surface area contributed by atoms with Crippen molar-refractivity contribution in [2.24, 2.45) is 0 Å². The molecule has 0 aliphatic heterocycles. The number of anilines is 1. The Labute approximate surface area is 172 Å². The summed E-state index contributed by atoms with van der Waals surface area (Å²) in [6.45, 7) is 11.8. The van der Waals surface area contributed by atoms with Crippen LogP contribution in [-0.4, -0.2) is 37.0 Å². The number of rotatable bonds is 9. The highest BCUT2D eigenvalue weighted by Crippen LogP contribution is 2.28. The first kappa shape index (κ1) is 20.9.